The van der Waals surface area contributed by atoms with Crippen LogP contribution in [0, 0.1) is 5.41 Å². The van der Waals surface area contributed by atoms with Crippen molar-refractivity contribution in [1.82, 2.24) is 9.80 Å². The van der Waals surface area contributed by atoms with E-state index in [-0.39, 0.29) is 25.8 Å². The molecule has 0 saturated heterocycles. The summed E-state index contributed by atoms with van der Waals surface area (Å²) in [6.45, 7) is 7.13. The second-order valence-electron chi connectivity index (χ2n) is 13.6. The summed E-state index contributed by atoms with van der Waals surface area (Å²) < 4.78 is 58.6. The van der Waals surface area contributed by atoms with Crippen molar-refractivity contribution in [3.05, 3.63) is 46.5 Å². The van der Waals surface area contributed by atoms with Gasteiger partial charge in [0, 0.05) is 19.7 Å². The Kier molecular flexibility index (Phi) is 11.5. The monoisotopic (exact) mass is 732 g/mol. The average Bonchev–Trinajstić information content (AvgIpc) is 3.09. The van der Waals surface area contributed by atoms with Crippen molar-refractivity contribution in [1.29, 1.82) is 0 Å². The van der Waals surface area contributed by atoms with Crippen molar-refractivity contribution in [2.24, 2.45) is 5.41 Å². The van der Waals surface area contributed by atoms with Crippen LogP contribution in [0.3, 0.4) is 0 Å². The minimum atomic E-state index is -3.86. The van der Waals surface area contributed by atoms with Crippen LogP contribution in [0.4, 0.5) is 0 Å². The SMILES string of the molecule is CCO[C@@H]1CC[C@@]2(c3cc(OC)c(OC)cc3CCN2C(=O)CC(C)OS(C)(=O)=O)[C@](C(=O)O)(C2c3cc(OC)c(OC)cc3CCN2CC)C1. The maximum Gasteiger partial charge on any atom is 0.314 e. The van der Waals surface area contributed by atoms with Crippen molar-refractivity contribution in [3.63, 3.8) is 0 Å². The fourth-order valence-corrected chi connectivity index (χ4v) is 9.76. The number of carboxylic acids is 1. The summed E-state index contributed by atoms with van der Waals surface area (Å²) in [7, 11) is 2.34. The first-order valence-electron chi connectivity index (χ1n) is 17.5. The molecule has 2 heterocycles. The van der Waals surface area contributed by atoms with Crippen molar-refractivity contribution in [2.45, 2.75) is 83.1 Å². The van der Waals surface area contributed by atoms with E-state index in [4.69, 9.17) is 27.9 Å². The third kappa shape index (κ3) is 6.75. The lowest BCUT2D eigenvalue weighted by Crippen LogP contribution is -2.71. The molecule has 282 valence electrons. The van der Waals surface area contributed by atoms with Crippen molar-refractivity contribution in [3.8, 4) is 23.0 Å². The number of aliphatic carboxylic acids is 1. The topological polar surface area (TPSA) is 150 Å². The number of amides is 1. The van der Waals surface area contributed by atoms with E-state index in [2.05, 4.69) is 4.90 Å². The van der Waals surface area contributed by atoms with Gasteiger partial charge in [-0.3, -0.25) is 18.7 Å². The molecular weight excluding hydrogens is 680 g/mol. The number of carboxylic acid groups (broad SMARTS) is 1. The van der Waals surface area contributed by atoms with Gasteiger partial charge < -0.3 is 33.7 Å². The van der Waals surface area contributed by atoms with Crippen molar-refractivity contribution < 1.29 is 51.0 Å². The van der Waals surface area contributed by atoms with E-state index in [1.54, 1.807) is 26.2 Å². The number of carbonyl (C=O) groups is 2. The molecular formula is C37H52N2O11S. The molecule has 0 radical (unpaired) electrons. The molecule has 1 fully saturated rings. The fourth-order valence-electron chi connectivity index (χ4n) is 9.09. The molecule has 51 heavy (non-hydrogen) atoms. The number of nitrogens with zero attached hydrogens (tertiary/aromatic N) is 2. The van der Waals surface area contributed by atoms with Crippen molar-refractivity contribution >= 4 is 22.0 Å². The van der Waals surface area contributed by atoms with Crippen LogP contribution in [0.2, 0.25) is 0 Å². The van der Waals surface area contributed by atoms with Crippen LogP contribution in [0.15, 0.2) is 24.3 Å². The third-order valence-corrected chi connectivity index (χ3v) is 11.6. The molecule has 14 heteroatoms. The Morgan fingerprint density at radius 3 is 2.08 bits per heavy atom. The van der Waals surface area contributed by atoms with Gasteiger partial charge in [-0.2, -0.15) is 8.42 Å². The Bertz CT molecular complexity index is 1730. The van der Waals surface area contributed by atoms with Crippen LogP contribution in [-0.4, -0.2) is 108 Å². The maximum absolute atomic E-state index is 14.8. The number of hydrogen-bond donors (Lipinski definition) is 1. The number of rotatable bonds is 13. The van der Waals surface area contributed by atoms with E-state index in [0.29, 0.717) is 67.5 Å². The zero-order valence-corrected chi connectivity index (χ0v) is 31.8. The first-order chi connectivity index (χ1) is 24.2. The maximum atomic E-state index is 14.8. The van der Waals surface area contributed by atoms with Crippen LogP contribution >= 0.6 is 0 Å². The lowest BCUT2D eigenvalue weighted by Gasteiger charge is -2.64. The number of likely N-dealkylation sites (N-methyl/N-ethyl adjacent to an activating group) is 1. The standard InChI is InChI=1S/C37H52N2O11S/c1-9-38-15-12-24-18-29(45-4)31(47-6)20-27(24)34(38)36(35(41)42)22-26(49-10-2)11-14-37(36)28-21-32(48-7)30(46-5)19-25(28)13-16-39(37)33(40)17-23(3)50-51(8,43)44/h18-21,23,26,34H,9-17,22H2,1-8H3,(H,41,42)/t23?,26-,34?,36+,37-/m1/s1. The van der Waals surface area contributed by atoms with Crippen molar-refractivity contribution in [2.75, 3.05) is 60.9 Å². The molecule has 1 saturated carbocycles. The Balaban J connectivity index is 1.89. The quantitative estimate of drug-likeness (QED) is 0.292. The first-order valence-corrected chi connectivity index (χ1v) is 19.3. The van der Waals surface area contributed by atoms with E-state index >= 15 is 0 Å². The fraction of sp³-hybridized carbons (Fsp3) is 0.622. The highest BCUT2D eigenvalue weighted by Gasteiger charge is 2.70. The molecule has 2 aliphatic heterocycles. The lowest BCUT2D eigenvalue weighted by atomic mass is 9.50. The predicted molar refractivity (Wildman–Crippen MR) is 189 cm³/mol. The average molecular weight is 733 g/mol. The van der Waals surface area contributed by atoms with Crippen LogP contribution < -0.4 is 18.9 Å². The minimum absolute atomic E-state index is 0.0953. The van der Waals surface area contributed by atoms with Crippen LogP contribution in [-0.2, 0) is 47.0 Å². The molecule has 5 rings (SSSR count). The number of methoxy groups -OCH3 is 4. The molecule has 13 nitrogen and oxygen atoms in total. The summed E-state index contributed by atoms with van der Waals surface area (Å²) >= 11 is 0. The zero-order chi connectivity index (χ0) is 37.3. The molecule has 2 unspecified atom stereocenters. The molecule has 5 atom stereocenters. The van der Waals surface area contributed by atoms with Gasteiger partial charge >= 0.3 is 5.97 Å². The van der Waals surface area contributed by atoms with Gasteiger partial charge in [0.1, 0.15) is 5.41 Å². The Morgan fingerprint density at radius 2 is 1.51 bits per heavy atom. The molecule has 1 amide bonds. The van der Waals surface area contributed by atoms with Crippen LogP contribution in [0.1, 0.15) is 74.8 Å². The summed E-state index contributed by atoms with van der Waals surface area (Å²) in [6.07, 6.45) is 1.18. The van der Waals surface area contributed by atoms with Crippen LogP contribution in [0.5, 0.6) is 23.0 Å². The highest BCUT2D eigenvalue weighted by molar-refractivity contribution is 7.86. The molecule has 0 bridgehead atoms. The molecule has 1 spiro atoms. The van der Waals surface area contributed by atoms with E-state index in [9.17, 15) is 23.1 Å². The third-order valence-electron chi connectivity index (χ3n) is 11.0. The molecule has 2 aromatic carbocycles. The smallest absolute Gasteiger partial charge is 0.314 e. The summed E-state index contributed by atoms with van der Waals surface area (Å²) in [5, 5.41) is 12.1. The van der Waals surface area contributed by atoms with E-state index in [0.717, 1.165) is 22.9 Å². The largest absolute Gasteiger partial charge is 0.493 e. The number of fused-ring (bicyclic) bond motifs is 3. The van der Waals surface area contributed by atoms with Gasteiger partial charge in [-0.25, -0.2) is 0 Å². The summed E-state index contributed by atoms with van der Waals surface area (Å²) in [6, 6.07) is 6.78. The first kappa shape index (κ1) is 38.6. The second-order valence-corrected chi connectivity index (χ2v) is 15.2. The Hall–Kier alpha value is -3.59. The molecule has 1 aliphatic carbocycles. The normalized spacial score (nSPS) is 25.5. The highest BCUT2D eigenvalue weighted by atomic mass is 32.2. The van der Waals surface area contributed by atoms with Gasteiger partial charge in [0.05, 0.1) is 64.9 Å². The van der Waals surface area contributed by atoms with Gasteiger partial charge in [-0.1, -0.05) is 6.92 Å². The Morgan fingerprint density at radius 1 is 0.922 bits per heavy atom. The van der Waals surface area contributed by atoms with E-state index in [1.165, 1.54) is 14.0 Å². The Labute approximate surface area is 301 Å². The molecule has 1 N–H and O–H groups in total. The van der Waals surface area contributed by atoms with Gasteiger partial charge in [-0.15, -0.1) is 0 Å². The summed E-state index contributed by atoms with van der Waals surface area (Å²) in [5.74, 6) is 0.456. The molecule has 3 aliphatic rings. The number of ether oxygens (including phenoxy) is 5. The summed E-state index contributed by atoms with van der Waals surface area (Å²) in [5.41, 5.74) is 0.102. The zero-order valence-electron chi connectivity index (χ0n) is 30.9. The second kappa shape index (κ2) is 15.2. The highest BCUT2D eigenvalue weighted by Crippen LogP contribution is 2.65. The minimum Gasteiger partial charge on any atom is -0.493 e. The van der Waals surface area contributed by atoms with E-state index < -0.39 is 51.2 Å². The number of hydrogen-bond acceptors (Lipinski definition) is 11. The molecule has 2 aromatic rings. The molecule has 0 aromatic heterocycles. The number of carbonyl (C=O) groups excluding carboxylic acids is 1. The van der Waals surface area contributed by atoms with E-state index in [1.807, 2.05) is 38.1 Å². The predicted octanol–water partition coefficient (Wildman–Crippen LogP) is 4.34. The van der Waals surface area contributed by atoms with Gasteiger partial charge in [0.2, 0.25) is 5.91 Å². The number of benzene rings is 2. The summed E-state index contributed by atoms with van der Waals surface area (Å²) in [4.78, 5) is 33.4. The van der Waals surface area contributed by atoms with Gasteiger partial charge in [0.15, 0.2) is 23.0 Å². The van der Waals surface area contributed by atoms with Gasteiger partial charge in [-0.05, 0) is 99.0 Å². The van der Waals surface area contributed by atoms with Crippen LogP contribution in [0.25, 0.3) is 0 Å². The van der Waals surface area contributed by atoms with Gasteiger partial charge in [0.25, 0.3) is 10.1 Å². The lowest BCUT2D eigenvalue weighted by molar-refractivity contribution is -0.200.